The number of aromatic nitrogens is 1. The van der Waals surface area contributed by atoms with Gasteiger partial charge < -0.3 is 68.0 Å². The van der Waals surface area contributed by atoms with Crippen molar-refractivity contribution in [3.8, 4) is 16.9 Å². The van der Waals surface area contributed by atoms with Crippen molar-refractivity contribution in [3.63, 3.8) is 0 Å². The van der Waals surface area contributed by atoms with E-state index in [1.807, 2.05) is 66.7 Å². The van der Waals surface area contributed by atoms with Gasteiger partial charge in [0.15, 0.2) is 0 Å². The molecule has 13 N–H and O–H groups in total. The molecule has 1 aromatic heterocycles. The number of carboxylic acids is 1. The molecule has 0 unspecified atom stereocenters. The molecule has 436 valence electrons. The van der Waals surface area contributed by atoms with Crippen LogP contribution in [0.1, 0.15) is 59.9 Å². The summed E-state index contributed by atoms with van der Waals surface area (Å²) in [6.45, 7) is 1.41. The van der Waals surface area contributed by atoms with Gasteiger partial charge >= 0.3 is 12.1 Å². The second-order valence-corrected chi connectivity index (χ2v) is 22.9. The van der Waals surface area contributed by atoms with Gasteiger partial charge in [-0.3, -0.25) is 28.8 Å². The van der Waals surface area contributed by atoms with Crippen LogP contribution in [-0.4, -0.2) is 141 Å². The van der Waals surface area contributed by atoms with Gasteiger partial charge in [0.1, 0.15) is 54.6 Å². The number of unbranched alkanes of at least 4 members (excludes halogenated alkanes) is 1. The Morgan fingerprint density at radius 1 is 0.675 bits per heavy atom. The maximum Gasteiger partial charge on any atom is 0.407 e. The molecule has 7 amide bonds. The Morgan fingerprint density at radius 2 is 1.28 bits per heavy atom. The van der Waals surface area contributed by atoms with Crippen molar-refractivity contribution in [2.75, 3.05) is 24.7 Å². The number of nitrogens with two attached hydrogens (primary N) is 1. The zero-order valence-corrected chi connectivity index (χ0v) is 47.0. The third-order valence-electron chi connectivity index (χ3n) is 14.4. The number of amides is 7. The lowest BCUT2D eigenvalue weighted by Gasteiger charge is -2.29. The number of carbonyl (C=O) groups excluding carboxylic acids is 7. The van der Waals surface area contributed by atoms with Crippen LogP contribution in [0.5, 0.6) is 5.75 Å². The maximum absolute atomic E-state index is 15.0. The number of phenols is 1. The molecule has 0 saturated carbocycles. The van der Waals surface area contributed by atoms with Crippen LogP contribution in [0.2, 0.25) is 0 Å². The number of ether oxygens (including phenoxy) is 1. The molecule has 21 nitrogen and oxygen atoms in total. The van der Waals surface area contributed by atoms with Crippen LogP contribution in [-0.2, 0) is 57.6 Å². The summed E-state index contributed by atoms with van der Waals surface area (Å²) in [6, 6.07) is 27.2. The predicted molar refractivity (Wildman–Crippen MR) is 315 cm³/mol. The molecule has 0 spiro atoms. The van der Waals surface area contributed by atoms with Gasteiger partial charge in [-0.15, -0.1) is 0 Å². The molecule has 8 atom stereocenters. The minimum absolute atomic E-state index is 0.00233. The van der Waals surface area contributed by atoms with E-state index in [1.54, 1.807) is 54.7 Å². The maximum atomic E-state index is 15.0. The standard InChI is InChI=1S/C60H67N9O12S2/c1-34(70)52-58(77)67-51(59(78)79)33-83-82-32-50(66-55(74)48(27-35-13-3-2-4-14-35)68-60(80)81-31-44-42-18-7-5-16-40(42)41-17-6-8-19-43(41)44)57(76)64-47(28-36-22-24-38(71)25-23-36)54(73)65-49(29-37-30-62-45-20-10-9-15-39(37)45)56(75)63-46(53(72)69-52)21-11-12-26-61/h2-10,13-20,22-25,30,34,44,46-52,62,70-71H,11-12,21,26-29,31-33,61H2,1H3,(H,63,75)(H,64,76)(H,65,73)(H,66,74)(H,67,77)(H,68,80)(H,69,72)(H,78,79)/t34-,46+,47+,48-,49-,50+,51+,52+/m1/s1. The quantitative estimate of drug-likeness (QED) is 0.0458. The van der Waals surface area contributed by atoms with Crippen molar-refractivity contribution in [2.45, 2.75) is 99.8 Å². The minimum atomic E-state index is -1.70. The van der Waals surface area contributed by atoms with Crippen molar-refractivity contribution in [2.24, 2.45) is 5.73 Å². The fourth-order valence-electron chi connectivity index (χ4n) is 10.0. The Balaban J connectivity index is 1.11. The van der Waals surface area contributed by atoms with E-state index in [-0.39, 0.29) is 62.0 Å². The number of aromatic amines is 1. The highest BCUT2D eigenvalue weighted by Gasteiger charge is 2.37. The number of para-hydroxylation sites is 1. The number of fused-ring (bicyclic) bond motifs is 4. The number of carboxylic acid groups (broad SMARTS) is 1. The van der Waals surface area contributed by atoms with E-state index in [4.69, 9.17) is 10.5 Å². The number of hydrogen-bond acceptors (Lipinski definition) is 14. The third-order valence-corrected chi connectivity index (χ3v) is 16.8. The van der Waals surface area contributed by atoms with Crippen molar-refractivity contribution < 1.29 is 58.4 Å². The summed E-state index contributed by atoms with van der Waals surface area (Å²) in [6.07, 6.45) is -0.419. The number of aliphatic carboxylic acids is 1. The van der Waals surface area contributed by atoms with E-state index in [0.29, 0.717) is 29.5 Å². The van der Waals surface area contributed by atoms with E-state index in [2.05, 4.69) is 42.2 Å². The lowest BCUT2D eigenvalue weighted by atomic mass is 9.98. The second-order valence-electron chi connectivity index (χ2n) is 20.4. The molecule has 2 aliphatic rings. The molecule has 1 aliphatic carbocycles. The lowest BCUT2D eigenvalue weighted by molar-refractivity contribution is -0.142. The van der Waals surface area contributed by atoms with Gasteiger partial charge in [0.2, 0.25) is 35.4 Å². The van der Waals surface area contributed by atoms with E-state index in [1.165, 1.54) is 19.1 Å². The normalized spacial score (nSPS) is 20.9. The minimum Gasteiger partial charge on any atom is -0.508 e. The monoisotopic (exact) mass is 1170 g/mol. The number of alkyl carbamates (subject to hydrolysis) is 1. The molecule has 1 fully saturated rings. The summed E-state index contributed by atoms with van der Waals surface area (Å²) >= 11 is 0. The largest absolute Gasteiger partial charge is 0.508 e. The van der Waals surface area contributed by atoms with E-state index >= 15 is 0 Å². The Morgan fingerprint density at radius 3 is 1.95 bits per heavy atom. The Kier molecular flexibility index (Phi) is 21.2. The topological polar surface area (TPSA) is 332 Å². The van der Waals surface area contributed by atoms with Crippen LogP contribution < -0.4 is 43.0 Å². The zero-order chi connectivity index (χ0) is 59.0. The fraction of sp³-hybridized carbons (Fsp3) is 0.333. The van der Waals surface area contributed by atoms with E-state index in [0.717, 1.165) is 54.7 Å². The zero-order valence-electron chi connectivity index (χ0n) is 45.4. The number of carbonyl (C=O) groups is 8. The predicted octanol–water partition coefficient (Wildman–Crippen LogP) is 3.71. The highest BCUT2D eigenvalue weighted by molar-refractivity contribution is 8.76. The van der Waals surface area contributed by atoms with E-state index < -0.39 is 95.9 Å². The smallest absolute Gasteiger partial charge is 0.407 e. The van der Waals surface area contributed by atoms with Gasteiger partial charge in [0, 0.05) is 53.8 Å². The summed E-state index contributed by atoms with van der Waals surface area (Å²) in [5.41, 5.74) is 12.2. The molecule has 5 aromatic carbocycles. The highest BCUT2D eigenvalue weighted by atomic mass is 33.1. The summed E-state index contributed by atoms with van der Waals surface area (Å²) < 4.78 is 5.86. The van der Waals surface area contributed by atoms with Gasteiger partial charge in [-0.1, -0.05) is 131 Å². The molecule has 1 saturated heterocycles. The van der Waals surface area contributed by atoms with Crippen molar-refractivity contribution >= 4 is 80.0 Å². The highest BCUT2D eigenvalue weighted by Crippen LogP contribution is 2.44. The fourth-order valence-corrected chi connectivity index (χ4v) is 12.3. The Bertz CT molecular complexity index is 3230. The van der Waals surface area contributed by atoms with Crippen LogP contribution in [0.3, 0.4) is 0 Å². The Labute approximate surface area is 486 Å². The first-order valence-corrected chi connectivity index (χ1v) is 29.7. The summed E-state index contributed by atoms with van der Waals surface area (Å²) in [7, 11) is 1.87. The van der Waals surface area contributed by atoms with Crippen molar-refractivity contribution in [1.82, 2.24) is 42.2 Å². The summed E-state index contributed by atoms with van der Waals surface area (Å²) in [4.78, 5) is 117. The van der Waals surface area contributed by atoms with Crippen molar-refractivity contribution in [3.05, 3.63) is 161 Å². The van der Waals surface area contributed by atoms with Crippen LogP contribution in [0.4, 0.5) is 4.79 Å². The third kappa shape index (κ3) is 16.2. The molecule has 83 heavy (non-hydrogen) atoms. The number of phenolic OH excluding ortho intramolecular Hbond substituents is 1. The first kappa shape index (κ1) is 60.7. The molecule has 1 aliphatic heterocycles. The molecule has 6 aromatic rings. The molecule has 0 bridgehead atoms. The second kappa shape index (κ2) is 29.0. The summed E-state index contributed by atoms with van der Waals surface area (Å²) in [5.74, 6) is -7.77. The number of aliphatic hydroxyl groups is 1. The first-order chi connectivity index (χ1) is 40.1. The van der Waals surface area contributed by atoms with Crippen LogP contribution >= 0.6 is 21.6 Å². The summed E-state index contributed by atoms with van der Waals surface area (Å²) in [5, 5.41) is 50.7. The first-order valence-electron chi connectivity index (χ1n) is 27.2. The molecule has 0 radical (unpaired) electrons. The van der Waals surface area contributed by atoms with Crippen LogP contribution in [0, 0.1) is 0 Å². The van der Waals surface area contributed by atoms with Crippen molar-refractivity contribution in [1.29, 1.82) is 0 Å². The van der Waals surface area contributed by atoms with Crippen LogP contribution in [0.15, 0.2) is 134 Å². The molecule has 8 rings (SSSR count). The number of benzene rings is 5. The van der Waals surface area contributed by atoms with Gasteiger partial charge in [-0.25, -0.2) is 9.59 Å². The number of aliphatic hydroxyl groups excluding tert-OH is 1. The number of aromatic hydroxyl groups is 1. The average molecular weight is 1170 g/mol. The lowest BCUT2D eigenvalue weighted by Crippen LogP contribution is -2.62. The number of hydrogen-bond donors (Lipinski definition) is 12. The van der Waals surface area contributed by atoms with Crippen LogP contribution in [0.25, 0.3) is 22.0 Å². The Hall–Kier alpha value is -8.38. The molecular weight excluding hydrogens is 1100 g/mol. The number of nitrogens with one attached hydrogen (secondary N) is 8. The number of rotatable bonds is 17. The number of H-pyrrole nitrogens is 1. The molecular formula is C60H67N9O12S2. The average Bonchev–Trinajstić information content (AvgIpc) is 3.78. The molecule has 23 heteroatoms. The SMILES string of the molecule is C[C@@H](O)[C@@H]1NC(=O)[C@H](CCCCN)NC(=O)[C@@H](Cc2c[nH]c3ccccc23)NC(=O)[C@H](Cc2ccc(O)cc2)NC(=O)[C@@H](NC(=O)[C@@H](Cc2ccccc2)NC(=O)OCC2c3ccccc3-c3ccccc32)CSSC[C@@H](C(=O)O)NC1=O. The van der Waals surface area contributed by atoms with Gasteiger partial charge in [0.05, 0.1) is 6.10 Å². The van der Waals surface area contributed by atoms with Gasteiger partial charge in [0.25, 0.3) is 0 Å². The van der Waals surface area contributed by atoms with Gasteiger partial charge in [-0.05, 0) is 89.9 Å². The van der Waals surface area contributed by atoms with Gasteiger partial charge in [-0.2, -0.15) is 0 Å². The molecule has 2 heterocycles. The van der Waals surface area contributed by atoms with E-state index in [9.17, 15) is 53.7 Å².